The number of anilines is 1. The Labute approximate surface area is 158 Å². The highest BCUT2D eigenvalue weighted by Gasteiger charge is 2.32. The van der Waals surface area contributed by atoms with Crippen molar-refractivity contribution in [1.82, 2.24) is 4.57 Å². The molecule has 1 aliphatic rings. The maximum Gasteiger partial charge on any atom is 0.233 e. The Kier molecular flexibility index (Phi) is 4.40. The Morgan fingerprint density at radius 1 is 0.963 bits per heavy atom. The summed E-state index contributed by atoms with van der Waals surface area (Å²) in [6.07, 6.45) is 0.710. The first kappa shape index (κ1) is 17.3. The van der Waals surface area contributed by atoms with E-state index in [0.29, 0.717) is 24.2 Å². The van der Waals surface area contributed by atoms with E-state index in [2.05, 4.69) is 5.32 Å². The van der Waals surface area contributed by atoms with Crippen molar-refractivity contribution >= 4 is 17.4 Å². The molecule has 4 rings (SSSR count). The molecule has 4 nitrogen and oxygen atoms in total. The summed E-state index contributed by atoms with van der Waals surface area (Å²) in [5.41, 5.74) is 5.32. The van der Waals surface area contributed by atoms with Gasteiger partial charge in [-0.2, -0.15) is 0 Å². The van der Waals surface area contributed by atoms with Gasteiger partial charge in [0.15, 0.2) is 0 Å². The average Bonchev–Trinajstić information content (AvgIpc) is 3.27. The van der Waals surface area contributed by atoms with Gasteiger partial charge in [-0.3, -0.25) is 9.59 Å². The molecule has 136 valence electrons. The largest absolute Gasteiger partial charge is 0.341 e. The fraction of sp³-hybridized carbons (Fsp3) is 0.217. The molecule has 0 bridgehead atoms. The lowest BCUT2D eigenvalue weighted by Crippen LogP contribution is -2.20. The lowest BCUT2D eigenvalue weighted by molar-refractivity contribution is -0.117. The topological polar surface area (TPSA) is 51.1 Å². The molecule has 2 heterocycles. The third kappa shape index (κ3) is 3.08. The predicted octanol–water partition coefficient (Wildman–Crippen LogP) is 4.46. The second kappa shape index (κ2) is 6.88. The predicted molar refractivity (Wildman–Crippen MR) is 106 cm³/mol. The monoisotopic (exact) mass is 358 g/mol. The summed E-state index contributed by atoms with van der Waals surface area (Å²) in [4.78, 5) is 25.7. The number of nitrogens with one attached hydrogen (secondary N) is 1. The molecule has 0 aliphatic carbocycles. The number of fused-ring (bicyclic) bond motifs is 1. The number of rotatable bonds is 4. The van der Waals surface area contributed by atoms with Gasteiger partial charge in [0.1, 0.15) is 0 Å². The number of benzene rings is 2. The van der Waals surface area contributed by atoms with E-state index in [1.807, 2.05) is 79.1 Å². The van der Waals surface area contributed by atoms with Crippen molar-refractivity contribution in [3.05, 3.63) is 88.7 Å². The SMILES string of the molecule is Cc1cccc(NC(=O)[C@@H]2CCn3c(C(=O)c4ccccc4)ccc32)c1C. The van der Waals surface area contributed by atoms with E-state index in [0.717, 1.165) is 22.5 Å². The van der Waals surface area contributed by atoms with Crippen molar-refractivity contribution < 1.29 is 9.59 Å². The first-order chi connectivity index (χ1) is 13.1. The molecule has 0 radical (unpaired) electrons. The summed E-state index contributed by atoms with van der Waals surface area (Å²) in [5.74, 6) is -0.251. The zero-order valence-corrected chi connectivity index (χ0v) is 15.5. The molecule has 0 unspecified atom stereocenters. The number of ketones is 1. The molecule has 1 aliphatic heterocycles. The van der Waals surface area contributed by atoms with Crippen molar-refractivity contribution in [3.8, 4) is 0 Å². The standard InChI is InChI=1S/C23H22N2O2/c1-15-7-6-10-19(16(15)2)24-23(27)18-13-14-25-20(18)11-12-21(25)22(26)17-8-4-3-5-9-17/h3-12,18H,13-14H2,1-2H3,(H,24,27)/t18-/m1/s1. The smallest absolute Gasteiger partial charge is 0.233 e. The number of amides is 1. The van der Waals surface area contributed by atoms with Crippen LogP contribution in [0.5, 0.6) is 0 Å². The summed E-state index contributed by atoms with van der Waals surface area (Å²) in [5, 5.41) is 3.07. The van der Waals surface area contributed by atoms with E-state index in [4.69, 9.17) is 0 Å². The Hall–Kier alpha value is -3.14. The summed E-state index contributed by atoms with van der Waals surface area (Å²) in [6, 6.07) is 18.9. The van der Waals surface area contributed by atoms with Crippen LogP contribution in [0.2, 0.25) is 0 Å². The molecule has 0 saturated carbocycles. The van der Waals surface area contributed by atoms with Gasteiger partial charge in [-0.15, -0.1) is 0 Å². The Balaban J connectivity index is 1.58. The van der Waals surface area contributed by atoms with Gasteiger partial charge < -0.3 is 9.88 Å². The minimum absolute atomic E-state index is 0.00237. The van der Waals surface area contributed by atoms with Gasteiger partial charge in [0.25, 0.3) is 0 Å². The summed E-state index contributed by atoms with van der Waals surface area (Å²) in [7, 11) is 0. The molecule has 1 N–H and O–H groups in total. The van der Waals surface area contributed by atoms with Gasteiger partial charge in [0.2, 0.25) is 11.7 Å². The van der Waals surface area contributed by atoms with Crippen molar-refractivity contribution in [2.75, 3.05) is 5.32 Å². The molecule has 1 aromatic heterocycles. The number of aromatic nitrogens is 1. The maximum atomic E-state index is 12.9. The second-order valence-electron chi connectivity index (χ2n) is 7.07. The van der Waals surface area contributed by atoms with E-state index in [1.54, 1.807) is 0 Å². The fourth-order valence-corrected chi connectivity index (χ4v) is 3.75. The van der Waals surface area contributed by atoms with Crippen LogP contribution in [0.15, 0.2) is 60.7 Å². The molecular weight excluding hydrogens is 336 g/mol. The Morgan fingerprint density at radius 3 is 2.52 bits per heavy atom. The number of nitrogens with zero attached hydrogens (tertiary/aromatic N) is 1. The van der Waals surface area contributed by atoms with Gasteiger partial charge >= 0.3 is 0 Å². The van der Waals surface area contributed by atoms with Gasteiger partial charge in [-0.1, -0.05) is 42.5 Å². The minimum Gasteiger partial charge on any atom is -0.341 e. The Bertz CT molecular complexity index is 1020. The first-order valence-electron chi connectivity index (χ1n) is 9.22. The minimum atomic E-state index is -0.234. The van der Waals surface area contributed by atoms with E-state index < -0.39 is 0 Å². The van der Waals surface area contributed by atoms with Crippen LogP contribution in [0.1, 0.15) is 45.2 Å². The highest BCUT2D eigenvalue weighted by Crippen LogP contribution is 2.33. The average molecular weight is 358 g/mol. The van der Waals surface area contributed by atoms with Crippen LogP contribution < -0.4 is 5.32 Å². The molecule has 4 heteroatoms. The van der Waals surface area contributed by atoms with Gasteiger partial charge in [0, 0.05) is 23.5 Å². The molecule has 1 amide bonds. The van der Waals surface area contributed by atoms with E-state index in [-0.39, 0.29) is 17.6 Å². The zero-order valence-electron chi connectivity index (χ0n) is 15.5. The second-order valence-corrected chi connectivity index (χ2v) is 7.07. The van der Waals surface area contributed by atoms with Crippen LogP contribution >= 0.6 is 0 Å². The van der Waals surface area contributed by atoms with Crippen molar-refractivity contribution in [2.45, 2.75) is 32.7 Å². The number of carbonyl (C=O) groups is 2. The molecule has 2 aromatic carbocycles. The van der Waals surface area contributed by atoms with Crippen LogP contribution in [0.3, 0.4) is 0 Å². The molecule has 27 heavy (non-hydrogen) atoms. The third-order valence-corrected chi connectivity index (χ3v) is 5.46. The van der Waals surface area contributed by atoms with Crippen LogP contribution in [-0.2, 0) is 11.3 Å². The molecular formula is C23H22N2O2. The summed E-state index contributed by atoms with van der Waals surface area (Å²) >= 11 is 0. The zero-order chi connectivity index (χ0) is 19.0. The normalized spacial score (nSPS) is 15.4. The number of hydrogen-bond acceptors (Lipinski definition) is 2. The fourth-order valence-electron chi connectivity index (χ4n) is 3.75. The first-order valence-corrected chi connectivity index (χ1v) is 9.22. The van der Waals surface area contributed by atoms with Gasteiger partial charge in [0.05, 0.1) is 11.6 Å². The van der Waals surface area contributed by atoms with Crippen molar-refractivity contribution in [2.24, 2.45) is 0 Å². The highest BCUT2D eigenvalue weighted by molar-refractivity contribution is 6.08. The van der Waals surface area contributed by atoms with E-state index >= 15 is 0 Å². The summed E-state index contributed by atoms with van der Waals surface area (Å²) < 4.78 is 1.99. The van der Waals surface area contributed by atoms with Crippen molar-refractivity contribution in [1.29, 1.82) is 0 Å². The van der Waals surface area contributed by atoms with Crippen LogP contribution in [0, 0.1) is 13.8 Å². The van der Waals surface area contributed by atoms with Crippen LogP contribution in [0.25, 0.3) is 0 Å². The lowest BCUT2D eigenvalue weighted by atomic mass is 10.0. The van der Waals surface area contributed by atoms with Gasteiger partial charge in [-0.05, 0) is 49.6 Å². The molecule has 0 saturated heterocycles. The van der Waals surface area contributed by atoms with E-state index in [1.165, 1.54) is 0 Å². The Morgan fingerprint density at radius 2 is 1.74 bits per heavy atom. The van der Waals surface area contributed by atoms with Crippen molar-refractivity contribution in [3.63, 3.8) is 0 Å². The molecule has 3 aromatic rings. The van der Waals surface area contributed by atoms with E-state index in [9.17, 15) is 9.59 Å². The lowest BCUT2D eigenvalue weighted by Gasteiger charge is -2.14. The number of carbonyl (C=O) groups excluding carboxylic acids is 2. The molecule has 0 spiro atoms. The third-order valence-electron chi connectivity index (χ3n) is 5.46. The van der Waals surface area contributed by atoms with Crippen LogP contribution in [-0.4, -0.2) is 16.3 Å². The molecule has 0 fully saturated rings. The maximum absolute atomic E-state index is 12.9. The number of hydrogen-bond donors (Lipinski definition) is 1. The highest BCUT2D eigenvalue weighted by atomic mass is 16.2. The quantitative estimate of drug-likeness (QED) is 0.700. The molecule has 1 atom stereocenters. The van der Waals surface area contributed by atoms with Crippen LogP contribution in [0.4, 0.5) is 5.69 Å². The number of aryl methyl sites for hydroxylation is 1. The van der Waals surface area contributed by atoms with Gasteiger partial charge in [-0.25, -0.2) is 0 Å². The summed E-state index contributed by atoms with van der Waals surface area (Å²) in [6.45, 7) is 4.73.